The van der Waals surface area contributed by atoms with Crippen LogP contribution < -0.4 is 0 Å². The average molecular weight is 572 g/mol. The minimum atomic E-state index is 1.16. The Labute approximate surface area is 262 Å². The highest BCUT2D eigenvalue weighted by atomic mass is 15.0. The normalized spacial score (nSPS) is 11.6. The van der Waals surface area contributed by atoms with Crippen LogP contribution in [-0.2, 0) is 0 Å². The second-order valence-electron chi connectivity index (χ2n) is 11.7. The molecule has 0 spiro atoms. The molecule has 9 rings (SSSR count). The largest absolute Gasteiger partial charge is 0.309 e. The molecule has 9 aromatic rings. The molecule has 45 heavy (non-hydrogen) atoms. The standard InChI is InChI=1S/C44H29N/c1-2-15-30(16-3-1)33-19-4-5-22-36(33)44-39-25-8-6-23-37(39)43(38-24-7-9-26-40(38)44)31-17-14-18-32(29-31)45-41-27-12-10-20-34(41)35-21-11-13-28-42(35)45/h1-29H. The number of benzene rings is 8. The van der Waals surface area contributed by atoms with E-state index in [0.29, 0.717) is 0 Å². The molecule has 1 heteroatoms. The van der Waals surface area contributed by atoms with E-state index in [1.54, 1.807) is 0 Å². The quantitative estimate of drug-likeness (QED) is 0.185. The lowest BCUT2D eigenvalue weighted by molar-refractivity contribution is 1.18. The number of rotatable bonds is 4. The Hall–Kier alpha value is -5.92. The molecule has 0 aliphatic heterocycles. The highest BCUT2D eigenvalue weighted by molar-refractivity contribution is 6.22. The Morgan fingerprint density at radius 1 is 0.289 bits per heavy atom. The van der Waals surface area contributed by atoms with Gasteiger partial charge in [-0.25, -0.2) is 0 Å². The fourth-order valence-corrected chi connectivity index (χ4v) is 7.30. The number of fused-ring (bicyclic) bond motifs is 5. The smallest absolute Gasteiger partial charge is 0.0541 e. The van der Waals surface area contributed by atoms with Gasteiger partial charge in [0.2, 0.25) is 0 Å². The minimum Gasteiger partial charge on any atom is -0.309 e. The molecule has 0 N–H and O–H groups in total. The Balaban J connectivity index is 1.34. The van der Waals surface area contributed by atoms with Crippen LogP contribution in [0.5, 0.6) is 0 Å². The van der Waals surface area contributed by atoms with Crippen LogP contribution >= 0.6 is 0 Å². The molecular formula is C44H29N. The van der Waals surface area contributed by atoms with Gasteiger partial charge in [-0.1, -0.05) is 152 Å². The molecule has 0 aliphatic carbocycles. The van der Waals surface area contributed by atoms with Gasteiger partial charge >= 0.3 is 0 Å². The number of hydrogen-bond donors (Lipinski definition) is 0. The van der Waals surface area contributed by atoms with E-state index in [0.717, 1.165) is 5.69 Å². The molecule has 1 nitrogen and oxygen atoms in total. The van der Waals surface area contributed by atoms with Crippen molar-refractivity contribution in [2.24, 2.45) is 0 Å². The van der Waals surface area contributed by atoms with E-state index in [4.69, 9.17) is 0 Å². The van der Waals surface area contributed by atoms with Gasteiger partial charge in [0.25, 0.3) is 0 Å². The van der Waals surface area contributed by atoms with Crippen molar-refractivity contribution in [2.45, 2.75) is 0 Å². The molecule has 0 atom stereocenters. The molecule has 0 bridgehead atoms. The molecule has 0 saturated carbocycles. The van der Waals surface area contributed by atoms with Gasteiger partial charge in [-0.15, -0.1) is 0 Å². The maximum atomic E-state index is 2.41. The number of hydrogen-bond acceptors (Lipinski definition) is 0. The summed E-state index contributed by atoms with van der Waals surface area (Å²) >= 11 is 0. The Morgan fingerprint density at radius 3 is 1.33 bits per heavy atom. The van der Waals surface area contributed by atoms with Crippen molar-refractivity contribution >= 4 is 43.4 Å². The molecule has 0 fully saturated rings. The van der Waals surface area contributed by atoms with Gasteiger partial charge in [0.15, 0.2) is 0 Å². The van der Waals surface area contributed by atoms with Crippen LogP contribution in [0.15, 0.2) is 176 Å². The SMILES string of the molecule is c1ccc(-c2ccccc2-c2c3ccccc3c(-c3cccc(-n4c5ccccc5c5ccccc54)c3)c3ccccc23)cc1. The predicted molar refractivity (Wildman–Crippen MR) is 192 cm³/mol. The van der Waals surface area contributed by atoms with Gasteiger partial charge < -0.3 is 4.57 Å². The van der Waals surface area contributed by atoms with Crippen LogP contribution in [0, 0.1) is 0 Å². The summed E-state index contributed by atoms with van der Waals surface area (Å²) < 4.78 is 2.41. The first-order chi connectivity index (χ1) is 22.4. The van der Waals surface area contributed by atoms with Crippen LogP contribution in [0.25, 0.3) is 82.4 Å². The van der Waals surface area contributed by atoms with Gasteiger partial charge in [0.05, 0.1) is 11.0 Å². The summed E-state index contributed by atoms with van der Waals surface area (Å²) in [6.07, 6.45) is 0. The molecule has 8 aromatic carbocycles. The van der Waals surface area contributed by atoms with Crippen LogP contribution in [0.4, 0.5) is 0 Å². The number of aromatic nitrogens is 1. The Bertz CT molecular complexity index is 2420. The van der Waals surface area contributed by atoms with Crippen molar-refractivity contribution in [1.29, 1.82) is 0 Å². The van der Waals surface area contributed by atoms with E-state index in [1.165, 1.54) is 76.7 Å². The van der Waals surface area contributed by atoms with E-state index < -0.39 is 0 Å². The van der Waals surface area contributed by atoms with E-state index in [-0.39, 0.29) is 0 Å². The lowest BCUT2D eigenvalue weighted by Gasteiger charge is -2.20. The summed E-state index contributed by atoms with van der Waals surface area (Å²) in [5, 5.41) is 7.59. The first-order valence-corrected chi connectivity index (χ1v) is 15.5. The number of para-hydroxylation sites is 2. The van der Waals surface area contributed by atoms with Gasteiger partial charge in [0.1, 0.15) is 0 Å². The molecule has 1 heterocycles. The highest BCUT2D eigenvalue weighted by Gasteiger charge is 2.19. The van der Waals surface area contributed by atoms with E-state index >= 15 is 0 Å². The maximum absolute atomic E-state index is 2.41. The van der Waals surface area contributed by atoms with Crippen LogP contribution in [0.2, 0.25) is 0 Å². The second-order valence-corrected chi connectivity index (χ2v) is 11.7. The fraction of sp³-hybridized carbons (Fsp3) is 0. The lowest BCUT2D eigenvalue weighted by Crippen LogP contribution is -1.95. The van der Waals surface area contributed by atoms with Crippen molar-refractivity contribution in [3.05, 3.63) is 176 Å². The zero-order valence-electron chi connectivity index (χ0n) is 24.7. The summed E-state index contributed by atoms with van der Waals surface area (Å²) in [6.45, 7) is 0. The van der Waals surface area contributed by atoms with Crippen LogP contribution in [0.3, 0.4) is 0 Å². The second kappa shape index (κ2) is 10.4. The van der Waals surface area contributed by atoms with E-state index in [9.17, 15) is 0 Å². The van der Waals surface area contributed by atoms with Gasteiger partial charge in [0, 0.05) is 16.5 Å². The molecule has 0 amide bonds. The predicted octanol–water partition coefficient (Wildman–Crippen LogP) is 12.1. The van der Waals surface area contributed by atoms with Gasteiger partial charge in [-0.05, 0) is 79.2 Å². The Kier molecular flexibility index (Phi) is 5.89. The Morgan fingerprint density at radius 2 is 0.733 bits per heavy atom. The van der Waals surface area contributed by atoms with E-state index in [2.05, 4.69) is 180 Å². The topological polar surface area (TPSA) is 4.93 Å². The molecule has 1 aromatic heterocycles. The third-order valence-corrected chi connectivity index (χ3v) is 9.19. The molecule has 0 radical (unpaired) electrons. The van der Waals surface area contributed by atoms with Crippen LogP contribution in [0.1, 0.15) is 0 Å². The monoisotopic (exact) mass is 571 g/mol. The highest BCUT2D eigenvalue weighted by Crippen LogP contribution is 2.46. The average Bonchev–Trinajstić information content (AvgIpc) is 3.45. The molecule has 0 aliphatic rings. The molecule has 0 unspecified atom stereocenters. The lowest BCUT2D eigenvalue weighted by atomic mass is 9.84. The summed E-state index contributed by atoms with van der Waals surface area (Å²) in [7, 11) is 0. The zero-order valence-corrected chi connectivity index (χ0v) is 24.7. The van der Waals surface area contributed by atoms with Crippen LogP contribution in [-0.4, -0.2) is 4.57 Å². The maximum Gasteiger partial charge on any atom is 0.0541 e. The molecular weight excluding hydrogens is 542 g/mol. The van der Waals surface area contributed by atoms with Gasteiger partial charge in [-0.2, -0.15) is 0 Å². The number of nitrogens with zero attached hydrogens (tertiary/aromatic N) is 1. The van der Waals surface area contributed by atoms with Crippen molar-refractivity contribution in [3.8, 4) is 39.1 Å². The van der Waals surface area contributed by atoms with Crippen molar-refractivity contribution in [3.63, 3.8) is 0 Å². The first-order valence-electron chi connectivity index (χ1n) is 15.5. The van der Waals surface area contributed by atoms with Gasteiger partial charge in [-0.3, -0.25) is 0 Å². The third kappa shape index (κ3) is 4.02. The summed E-state index contributed by atoms with van der Waals surface area (Å²) in [5.41, 5.74) is 11.1. The zero-order chi connectivity index (χ0) is 29.7. The summed E-state index contributed by atoms with van der Waals surface area (Å²) in [6, 6.07) is 63.9. The minimum absolute atomic E-state index is 1.16. The molecule has 210 valence electrons. The third-order valence-electron chi connectivity index (χ3n) is 9.19. The summed E-state index contributed by atoms with van der Waals surface area (Å²) in [4.78, 5) is 0. The first kappa shape index (κ1) is 25.6. The van der Waals surface area contributed by atoms with Crippen molar-refractivity contribution in [2.75, 3.05) is 0 Å². The van der Waals surface area contributed by atoms with E-state index in [1.807, 2.05) is 0 Å². The molecule has 0 saturated heterocycles. The van der Waals surface area contributed by atoms with Crippen molar-refractivity contribution in [1.82, 2.24) is 4.57 Å². The summed E-state index contributed by atoms with van der Waals surface area (Å²) in [5.74, 6) is 0. The van der Waals surface area contributed by atoms with Crippen molar-refractivity contribution < 1.29 is 0 Å². The fourth-order valence-electron chi connectivity index (χ4n) is 7.30.